The fourth-order valence-electron chi connectivity index (χ4n) is 3.77. The summed E-state index contributed by atoms with van der Waals surface area (Å²) >= 11 is 0. The van der Waals surface area contributed by atoms with Crippen LogP contribution < -0.4 is 10.5 Å². The summed E-state index contributed by atoms with van der Waals surface area (Å²) in [6.07, 6.45) is -1.86. The maximum Gasteiger partial charge on any atom is 0.417 e. The molecule has 203 valence electrons. The maximum absolute atomic E-state index is 12.3. The molecule has 3 heterocycles. The monoisotopic (exact) mass is 708 g/mol. The molecule has 2 aromatic carbocycles. The average Bonchev–Trinajstić information content (AvgIpc) is 2.94. The number of rotatable bonds is 5. The van der Waals surface area contributed by atoms with Crippen LogP contribution in [0.2, 0.25) is 0 Å². The minimum atomic E-state index is -4.34. The molecule has 39 heavy (non-hydrogen) atoms. The van der Waals surface area contributed by atoms with Crippen molar-refractivity contribution in [2.45, 2.75) is 20.0 Å². The third kappa shape index (κ3) is 7.40. The molecule has 0 N–H and O–H groups in total. The van der Waals surface area contributed by atoms with E-state index in [0.717, 1.165) is 36.4 Å². The molecule has 9 heteroatoms. The second-order valence-corrected chi connectivity index (χ2v) is 8.16. The fraction of sp³-hybridized carbons (Fsp3) is 0.167. The van der Waals surface area contributed by atoms with E-state index in [4.69, 9.17) is 4.42 Å². The van der Waals surface area contributed by atoms with E-state index in [1.165, 1.54) is 6.07 Å². The zero-order chi connectivity index (χ0) is 27.1. The Bertz CT molecular complexity index is 1540. The summed E-state index contributed by atoms with van der Waals surface area (Å²) in [6, 6.07) is 26.7. The van der Waals surface area contributed by atoms with Crippen molar-refractivity contribution in [2.24, 2.45) is 0 Å². The van der Waals surface area contributed by atoms with Gasteiger partial charge in [-0.2, -0.15) is 13.2 Å². The van der Waals surface area contributed by atoms with Crippen LogP contribution in [0.4, 0.5) is 18.9 Å². The van der Waals surface area contributed by atoms with E-state index in [1.54, 1.807) is 36.5 Å². The predicted octanol–water partition coefficient (Wildman–Crippen LogP) is 7.07. The normalized spacial score (nSPS) is 10.8. The molecule has 5 nitrogen and oxygen atoms in total. The first kappa shape index (κ1) is 29.7. The SMILES string of the molecule is CCN(CC)c1ccc2[c-]c(-c3ccccn3)c(=O)oc2c1.FC(F)(F)c1ccc(-c2[c-]cccc2)nc1.[Ir]. The van der Waals surface area contributed by atoms with Crippen LogP contribution in [0.15, 0.2) is 94.4 Å². The average molecular weight is 708 g/mol. The number of hydrogen-bond acceptors (Lipinski definition) is 5. The Balaban J connectivity index is 0.000000220. The summed E-state index contributed by atoms with van der Waals surface area (Å²) in [5.74, 6) is 0. The molecule has 5 aromatic rings. The first-order valence-electron chi connectivity index (χ1n) is 12.0. The first-order chi connectivity index (χ1) is 18.3. The van der Waals surface area contributed by atoms with E-state index in [2.05, 4.69) is 40.8 Å². The minimum absolute atomic E-state index is 0. The molecule has 5 rings (SSSR count). The number of anilines is 1. The minimum Gasteiger partial charge on any atom is -0.496 e. The Kier molecular flexibility index (Phi) is 10.2. The number of nitrogens with zero attached hydrogens (tertiary/aromatic N) is 3. The molecule has 0 spiro atoms. The molecule has 1 radical (unpaired) electrons. The number of benzene rings is 2. The zero-order valence-electron chi connectivity index (χ0n) is 21.1. The Hall–Kier alpha value is -3.81. The quantitative estimate of drug-likeness (QED) is 0.145. The van der Waals surface area contributed by atoms with Gasteiger partial charge in [0.15, 0.2) is 0 Å². The van der Waals surface area contributed by atoms with Crippen LogP contribution in [0.5, 0.6) is 0 Å². The number of alkyl halides is 3. The largest absolute Gasteiger partial charge is 0.496 e. The standard InChI is InChI=1S/C18H17N2O2.C12H7F3N.Ir/c1-3-20(4-2)14-9-8-13-11-15(16-7-5-6-10-19-16)18(21)22-17(13)12-14;13-12(14,15)10-6-7-11(16-8-10)9-4-2-1-3-5-9;/h5-10,12H,3-4H2,1-2H3;1-4,6-8H;/q2*-1;. The van der Waals surface area contributed by atoms with Gasteiger partial charge in [0.1, 0.15) is 0 Å². The van der Waals surface area contributed by atoms with Gasteiger partial charge in [0.2, 0.25) is 0 Å². The molecule has 0 aliphatic carbocycles. The topological polar surface area (TPSA) is 59.2 Å². The van der Waals surface area contributed by atoms with Gasteiger partial charge in [-0.3, -0.25) is 9.78 Å². The van der Waals surface area contributed by atoms with Crippen LogP contribution in [0.1, 0.15) is 19.4 Å². The number of hydrogen-bond donors (Lipinski definition) is 0. The molecule has 0 atom stereocenters. The molecule has 0 unspecified atom stereocenters. The van der Waals surface area contributed by atoms with Crippen LogP contribution in [0, 0.1) is 12.1 Å². The third-order valence-corrected chi connectivity index (χ3v) is 5.76. The van der Waals surface area contributed by atoms with Gasteiger partial charge in [-0.15, -0.1) is 48.0 Å². The number of fused-ring (bicyclic) bond motifs is 1. The number of halogens is 3. The predicted molar refractivity (Wildman–Crippen MR) is 142 cm³/mol. The molecule has 3 aromatic heterocycles. The van der Waals surface area contributed by atoms with Crippen LogP contribution in [-0.2, 0) is 26.3 Å². The van der Waals surface area contributed by atoms with Crippen molar-refractivity contribution < 1.29 is 37.7 Å². The van der Waals surface area contributed by atoms with Crippen molar-refractivity contribution in [3.05, 3.63) is 113 Å². The fourth-order valence-corrected chi connectivity index (χ4v) is 3.77. The zero-order valence-corrected chi connectivity index (χ0v) is 23.5. The van der Waals surface area contributed by atoms with Crippen molar-refractivity contribution in [3.8, 4) is 22.5 Å². The molecular weight excluding hydrogens is 684 g/mol. The smallest absolute Gasteiger partial charge is 0.417 e. The van der Waals surface area contributed by atoms with Crippen molar-refractivity contribution in [2.75, 3.05) is 18.0 Å². The molecule has 0 aliphatic rings. The van der Waals surface area contributed by atoms with E-state index >= 15 is 0 Å². The summed E-state index contributed by atoms with van der Waals surface area (Å²) in [4.78, 5) is 22.4. The number of aromatic nitrogens is 2. The number of pyridine rings is 2. The summed E-state index contributed by atoms with van der Waals surface area (Å²) in [7, 11) is 0. The van der Waals surface area contributed by atoms with Crippen LogP contribution in [0.3, 0.4) is 0 Å². The van der Waals surface area contributed by atoms with Crippen molar-refractivity contribution in [1.29, 1.82) is 0 Å². The van der Waals surface area contributed by atoms with Gasteiger partial charge in [-0.05, 0) is 37.2 Å². The van der Waals surface area contributed by atoms with Gasteiger partial charge in [0.05, 0.1) is 11.1 Å². The Morgan fingerprint density at radius 2 is 1.69 bits per heavy atom. The van der Waals surface area contributed by atoms with Gasteiger partial charge in [0.25, 0.3) is 5.63 Å². The Morgan fingerprint density at radius 1 is 0.923 bits per heavy atom. The van der Waals surface area contributed by atoms with Crippen LogP contribution in [0.25, 0.3) is 33.5 Å². The maximum atomic E-state index is 12.3. The van der Waals surface area contributed by atoms with E-state index in [-0.39, 0.29) is 20.1 Å². The molecule has 0 aliphatic heterocycles. The van der Waals surface area contributed by atoms with E-state index < -0.39 is 17.4 Å². The van der Waals surface area contributed by atoms with E-state index in [9.17, 15) is 18.0 Å². The summed E-state index contributed by atoms with van der Waals surface area (Å²) in [6.45, 7) is 6.00. The summed E-state index contributed by atoms with van der Waals surface area (Å²) in [5, 5.41) is 0.774. The van der Waals surface area contributed by atoms with Gasteiger partial charge in [0, 0.05) is 57.0 Å². The Labute approximate surface area is 237 Å². The third-order valence-electron chi connectivity index (χ3n) is 5.76. The van der Waals surface area contributed by atoms with Gasteiger partial charge in [-0.1, -0.05) is 35.7 Å². The Morgan fingerprint density at radius 3 is 2.28 bits per heavy atom. The van der Waals surface area contributed by atoms with Gasteiger partial charge < -0.3 is 14.3 Å². The second kappa shape index (κ2) is 13.3. The van der Waals surface area contributed by atoms with Crippen molar-refractivity contribution in [1.82, 2.24) is 9.97 Å². The molecule has 0 fully saturated rings. The molecular formula is C30H24F3IrN3O2-2. The van der Waals surface area contributed by atoms with E-state index in [1.807, 2.05) is 30.3 Å². The summed E-state index contributed by atoms with van der Waals surface area (Å²) < 4.78 is 42.3. The van der Waals surface area contributed by atoms with Crippen LogP contribution >= 0.6 is 0 Å². The molecule has 0 saturated carbocycles. The van der Waals surface area contributed by atoms with Crippen molar-refractivity contribution in [3.63, 3.8) is 0 Å². The molecule has 0 saturated heterocycles. The first-order valence-corrected chi connectivity index (χ1v) is 12.0. The van der Waals surface area contributed by atoms with Crippen LogP contribution in [-0.4, -0.2) is 23.1 Å². The van der Waals surface area contributed by atoms with Crippen molar-refractivity contribution >= 4 is 16.7 Å². The second-order valence-electron chi connectivity index (χ2n) is 8.16. The summed E-state index contributed by atoms with van der Waals surface area (Å²) in [5.41, 5.74) is 2.53. The molecule has 0 amide bonds. The van der Waals surface area contributed by atoms with Gasteiger partial charge >= 0.3 is 6.18 Å². The van der Waals surface area contributed by atoms with E-state index in [0.29, 0.717) is 28.1 Å². The molecule has 0 bridgehead atoms. The van der Waals surface area contributed by atoms with Gasteiger partial charge in [-0.25, -0.2) is 0 Å².